The van der Waals surface area contributed by atoms with E-state index in [1.165, 1.54) is 25.7 Å². The predicted molar refractivity (Wildman–Crippen MR) is 74.1 cm³/mol. The third kappa shape index (κ3) is 2.91. The molecule has 0 saturated heterocycles. The molecule has 1 N–H and O–H groups in total. The number of fused-ring (bicyclic) bond motifs is 1. The second-order valence-corrected chi connectivity index (χ2v) is 5.65. The molecule has 1 saturated carbocycles. The van der Waals surface area contributed by atoms with E-state index in [1.54, 1.807) is 0 Å². The number of hydrogen-bond acceptors (Lipinski definition) is 2. The summed E-state index contributed by atoms with van der Waals surface area (Å²) in [7, 11) is 0. The highest BCUT2D eigenvalue weighted by atomic mass is 16.5. The molecule has 1 fully saturated rings. The molecule has 1 aromatic carbocycles. The van der Waals surface area contributed by atoms with Crippen LogP contribution in [0, 0.1) is 5.92 Å². The van der Waals surface area contributed by atoms with E-state index in [1.807, 2.05) is 24.3 Å². The van der Waals surface area contributed by atoms with Gasteiger partial charge in [0.2, 0.25) is 0 Å². The Hall–Kier alpha value is -1.51. The summed E-state index contributed by atoms with van der Waals surface area (Å²) in [4.78, 5) is 12.1. The average Bonchev–Trinajstić information content (AvgIpc) is 3.07. The standard InChI is InChI=1S/C16H21NO2/c18-16(17-10-9-12-5-1-2-6-12)15-11-13-7-3-4-8-14(13)19-15/h3-4,7-8,12,15H,1-2,5-6,9-11H2,(H,17,18)/t15-/m1/s1. The third-order valence-electron chi connectivity index (χ3n) is 4.27. The Morgan fingerprint density at radius 3 is 2.84 bits per heavy atom. The molecule has 1 aromatic rings. The minimum atomic E-state index is -0.332. The largest absolute Gasteiger partial charge is 0.480 e. The van der Waals surface area contributed by atoms with Gasteiger partial charge in [0, 0.05) is 13.0 Å². The van der Waals surface area contributed by atoms with Crippen LogP contribution in [0.4, 0.5) is 0 Å². The van der Waals surface area contributed by atoms with Crippen LogP contribution in [0.5, 0.6) is 5.75 Å². The first-order chi connectivity index (χ1) is 9.33. The summed E-state index contributed by atoms with van der Waals surface area (Å²) in [5.41, 5.74) is 1.14. The normalized spacial score (nSPS) is 22.0. The molecule has 3 rings (SSSR count). The van der Waals surface area contributed by atoms with Gasteiger partial charge >= 0.3 is 0 Å². The summed E-state index contributed by atoms with van der Waals surface area (Å²) in [6.45, 7) is 0.791. The topological polar surface area (TPSA) is 38.3 Å². The summed E-state index contributed by atoms with van der Waals surface area (Å²) in [6, 6.07) is 7.89. The van der Waals surface area contributed by atoms with Crippen molar-refractivity contribution >= 4 is 5.91 Å². The maximum atomic E-state index is 12.1. The fourth-order valence-corrected chi connectivity index (χ4v) is 3.14. The fourth-order valence-electron chi connectivity index (χ4n) is 3.14. The molecule has 1 amide bonds. The van der Waals surface area contributed by atoms with Crippen LogP contribution in [-0.2, 0) is 11.2 Å². The molecule has 3 heteroatoms. The first-order valence-electron chi connectivity index (χ1n) is 7.35. The van der Waals surface area contributed by atoms with Gasteiger partial charge in [0.25, 0.3) is 5.91 Å². The van der Waals surface area contributed by atoms with Crippen LogP contribution in [0.1, 0.15) is 37.7 Å². The lowest BCUT2D eigenvalue weighted by Crippen LogP contribution is -2.38. The highest BCUT2D eigenvalue weighted by Gasteiger charge is 2.28. The summed E-state index contributed by atoms with van der Waals surface area (Å²) in [5.74, 6) is 1.72. The van der Waals surface area contributed by atoms with Crippen molar-refractivity contribution < 1.29 is 9.53 Å². The van der Waals surface area contributed by atoms with Gasteiger partial charge < -0.3 is 10.1 Å². The number of benzene rings is 1. The van der Waals surface area contributed by atoms with Crippen molar-refractivity contribution in [2.75, 3.05) is 6.54 Å². The third-order valence-corrected chi connectivity index (χ3v) is 4.27. The van der Waals surface area contributed by atoms with Crippen LogP contribution < -0.4 is 10.1 Å². The van der Waals surface area contributed by atoms with E-state index in [4.69, 9.17) is 4.74 Å². The number of carbonyl (C=O) groups excluding carboxylic acids is 1. The Morgan fingerprint density at radius 1 is 1.26 bits per heavy atom. The SMILES string of the molecule is O=C(NCCC1CCCC1)[C@H]1Cc2ccccc2O1. The first-order valence-corrected chi connectivity index (χ1v) is 7.35. The van der Waals surface area contributed by atoms with E-state index < -0.39 is 0 Å². The van der Waals surface area contributed by atoms with Gasteiger partial charge in [-0.15, -0.1) is 0 Å². The van der Waals surface area contributed by atoms with Crippen molar-refractivity contribution in [2.24, 2.45) is 5.92 Å². The molecule has 0 radical (unpaired) electrons. The maximum absolute atomic E-state index is 12.1. The lowest BCUT2D eigenvalue weighted by atomic mass is 10.0. The molecule has 19 heavy (non-hydrogen) atoms. The smallest absolute Gasteiger partial charge is 0.261 e. The number of carbonyl (C=O) groups is 1. The van der Waals surface area contributed by atoms with Gasteiger partial charge in [0.1, 0.15) is 5.75 Å². The van der Waals surface area contributed by atoms with Crippen LogP contribution in [0.2, 0.25) is 0 Å². The lowest BCUT2D eigenvalue weighted by molar-refractivity contribution is -0.127. The van der Waals surface area contributed by atoms with E-state index in [0.29, 0.717) is 6.42 Å². The van der Waals surface area contributed by atoms with Gasteiger partial charge in [-0.2, -0.15) is 0 Å². The van der Waals surface area contributed by atoms with Crippen LogP contribution in [0.3, 0.4) is 0 Å². The summed E-state index contributed by atoms with van der Waals surface area (Å²) < 4.78 is 5.68. The molecular formula is C16H21NO2. The highest BCUT2D eigenvalue weighted by molar-refractivity contribution is 5.82. The van der Waals surface area contributed by atoms with Gasteiger partial charge in [0.05, 0.1) is 0 Å². The van der Waals surface area contributed by atoms with Crippen molar-refractivity contribution in [1.82, 2.24) is 5.32 Å². The number of rotatable bonds is 4. The number of hydrogen-bond donors (Lipinski definition) is 1. The number of para-hydroxylation sites is 1. The van der Waals surface area contributed by atoms with E-state index in [-0.39, 0.29) is 12.0 Å². The van der Waals surface area contributed by atoms with Crippen molar-refractivity contribution in [2.45, 2.75) is 44.6 Å². The van der Waals surface area contributed by atoms with Crippen molar-refractivity contribution in [3.8, 4) is 5.75 Å². The Bertz CT molecular complexity index is 427. The minimum absolute atomic E-state index is 0.0363. The van der Waals surface area contributed by atoms with E-state index >= 15 is 0 Å². The first kappa shape index (κ1) is 12.5. The summed E-state index contributed by atoms with van der Waals surface area (Å²) >= 11 is 0. The van der Waals surface area contributed by atoms with Crippen molar-refractivity contribution in [1.29, 1.82) is 0 Å². The maximum Gasteiger partial charge on any atom is 0.261 e. The molecule has 0 aromatic heterocycles. The van der Waals surface area contributed by atoms with Crippen molar-refractivity contribution in [3.05, 3.63) is 29.8 Å². The van der Waals surface area contributed by atoms with Crippen LogP contribution in [0.15, 0.2) is 24.3 Å². The van der Waals surface area contributed by atoms with Crippen molar-refractivity contribution in [3.63, 3.8) is 0 Å². The second kappa shape index (κ2) is 5.64. The van der Waals surface area contributed by atoms with Gasteiger partial charge in [-0.05, 0) is 24.0 Å². The zero-order valence-corrected chi connectivity index (χ0v) is 11.2. The van der Waals surface area contributed by atoms with Crippen LogP contribution in [0.25, 0.3) is 0 Å². The number of nitrogens with one attached hydrogen (secondary N) is 1. The Morgan fingerprint density at radius 2 is 2.05 bits per heavy atom. The molecule has 1 heterocycles. The molecule has 102 valence electrons. The molecule has 3 nitrogen and oxygen atoms in total. The molecule has 0 bridgehead atoms. The van der Waals surface area contributed by atoms with Crippen LogP contribution >= 0.6 is 0 Å². The number of amides is 1. The summed E-state index contributed by atoms with van der Waals surface area (Å²) in [6.07, 6.45) is 6.87. The monoisotopic (exact) mass is 259 g/mol. The number of ether oxygens (including phenoxy) is 1. The fraction of sp³-hybridized carbons (Fsp3) is 0.562. The Balaban J connectivity index is 1.44. The molecular weight excluding hydrogens is 238 g/mol. The van der Waals surface area contributed by atoms with Gasteiger partial charge in [-0.3, -0.25) is 4.79 Å². The minimum Gasteiger partial charge on any atom is -0.480 e. The van der Waals surface area contributed by atoms with E-state index in [2.05, 4.69) is 5.32 Å². The predicted octanol–water partition coefficient (Wildman–Crippen LogP) is 2.69. The molecule has 0 spiro atoms. The van der Waals surface area contributed by atoms with E-state index in [9.17, 15) is 4.79 Å². The lowest BCUT2D eigenvalue weighted by Gasteiger charge is -2.13. The Labute approximate surface area is 114 Å². The quantitative estimate of drug-likeness (QED) is 0.903. The molecule has 1 atom stereocenters. The van der Waals surface area contributed by atoms with Crippen LogP contribution in [-0.4, -0.2) is 18.6 Å². The average molecular weight is 259 g/mol. The van der Waals surface area contributed by atoms with Gasteiger partial charge in [-0.25, -0.2) is 0 Å². The molecule has 2 aliphatic rings. The molecule has 0 unspecified atom stereocenters. The van der Waals surface area contributed by atoms with E-state index in [0.717, 1.165) is 30.2 Å². The zero-order chi connectivity index (χ0) is 13.1. The molecule has 1 aliphatic heterocycles. The summed E-state index contributed by atoms with van der Waals surface area (Å²) in [5, 5.41) is 3.02. The molecule has 1 aliphatic carbocycles. The zero-order valence-electron chi connectivity index (χ0n) is 11.2. The highest BCUT2D eigenvalue weighted by Crippen LogP contribution is 2.29. The van der Waals surface area contributed by atoms with Gasteiger partial charge in [-0.1, -0.05) is 43.9 Å². The second-order valence-electron chi connectivity index (χ2n) is 5.65. The van der Waals surface area contributed by atoms with Gasteiger partial charge in [0.15, 0.2) is 6.10 Å². The Kier molecular flexibility index (Phi) is 3.72.